The average molecular weight is 348 g/mol. The number of nitrogens with zero attached hydrogens (tertiary/aromatic N) is 5. The summed E-state index contributed by atoms with van der Waals surface area (Å²) >= 11 is 1.24. The molecule has 0 aliphatic heterocycles. The van der Waals surface area contributed by atoms with Gasteiger partial charge in [0.2, 0.25) is 17.0 Å². The molecular formula is C15H20N6O2S. The van der Waals surface area contributed by atoms with Crippen LogP contribution < -0.4 is 5.32 Å². The van der Waals surface area contributed by atoms with Gasteiger partial charge in [-0.2, -0.15) is 4.98 Å². The molecule has 128 valence electrons. The third-order valence-corrected chi connectivity index (χ3v) is 4.50. The Bertz CT molecular complexity index is 786. The van der Waals surface area contributed by atoms with E-state index in [0.717, 1.165) is 24.2 Å². The van der Waals surface area contributed by atoms with Gasteiger partial charge in [0.25, 0.3) is 5.78 Å². The molecule has 24 heavy (non-hydrogen) atoms. The molecule has 2 aromatic rings. The van der Waals surface area contributed by atoms with Crippen molar-refractivity contribution in [1.29, 1.82) is 0 Å². The molecule has 2 aromatic heterocycles. The Morgan fingerprint density at radius 2 is 2.12 bits per heavy atom. The molecule has 0 bridgehead atoms. The maximum atomic E-state index is 12.1. The van der Waals surface area contributed by atoms with E-state index in [9.17, 15) is 9.59 Å². The summed E-state index contributed by atoms with van der Waals surface area (Å²) in [5, 5.41) is 7.72. The molecule has 1 aliphatic carbocycles. The average Bonchev–Trinajstić information content (AvgIpc) is 3.21. The van der Waals surface area contributed by atoms with Gasteiger partial charge >= 0.3 is 0 Å². The fraction of sp³-hybridized carbons (Fsp3) is 0.533. The summed E-state index contributed by atoms with van der Waals surface area (Å²) in [6.45, 7) is 3.91. The summed E-state index contributed by atoms with van der Waals surface area (Å²) in [5.74, 6) is 0.465. The first kappa shape index (κ1) is 16.7. The molecule has 0 atom stereocenters. The minimum atomic E-state index is -0.134. The molecule has 2 heterocycles. The van der Waals surface area contributed by atoms with Crippen LogP contribution in [0.25, 0.3) is 5.78 Å². The van der Waals surface area contributed by atoms with Crippen molar-refractivity contribution < 1.29 is 9.59 Å². The van der Waals surface area contributed by atoms with Crippen molar-refractivity contribution in [3.8, 4) is 0 Å². The first-order valence-corrected chi connectivity index (χ1v) is 8.78. The van der Waals surface area contributed by atoms with Gasteiger partial charge in [0.15, 0.2) is 0 Å². The molecule has 1 saturated carbocycles. The molecule has 9 heteroatoms. The summed E-state index contributed by atoms with van der Waals surface area (Å²) in [6, 6.07) is 2.23. The van der Waals surface area contributed by atoms with Crippen molar-refractivity contribution in [2.24, 2.45) is 0 Å². The summed E-state index contributed by atoms with van der Waals surface area (Å²) in [6.07, 6.45) is 2.07. The largest absolute Gasteiger partial charge is 0.352 e. The van der Waals surface area contributed by atoms with Gasteiger partial charge in [0.05, 0.1) is 12.3 Å². The Morgan fingerprint density at radius 1 is 1.38 bits per heavy atom. The SMILES string of the molecule is Cc1cc(C)n2nc(SCC(=O)N(C)CC(=O)NC3CC3)nc2n1. The monoisotopic (exact) mass is 348 g/mol. The molecule has 1 aliphatic rings. The molecule has 0 aromatic carbocycles. The molecule has 0 radical (unpaired) electrons. The predicted molar refractivity (Wildman–Crippen MR) is 89.8 cm³/mol. The van der Waals surface area contributed by atoms with Gasteiger partial charge in [-0.05, 0) is 32.8 Å². The van der Waals surface area contributed by atoms with Crippen LogP contribution in [0.15, 0.2) is 11.2 Å². The van der Waals surface area contributed by atoms with Gasteiger partial charge in [-0.3, -0.25) is 9.59 Å². The molecule has 8 nitrogen and oxygen atoms in total. The van der Waals surface area contributed by atoms with Crippen molar-refractivity contribution in [3.63, 3.8) is 0 Å². The number of rotatable bonds is 6. The first-order valence-electron chi connectivity index (χ1n) is 7.79. The van der Waals surface area contributed by atoms with Crippen LogP contribution in [0.5, 0.6) is 0 Å². The number of thioether (sulfide) groups is 1. The minimum Gasteiger partial charge on any atom is -0.352 e. The Kier molecular flexibility index (Phi) is 4.70. The molecule has 3 rings (SSSR count). The van der Waals surface area contributed by atoms with E-state index >= 15 is 0 Å². The zero-order chi connectivity index (χ0) is 17.3. The smallest absolute Gasteiger partial charge is 0.253 e. The molecule has 1 fully saturated rings. The molecule has 2 amide bonds. The normalized spacial score (nSPS) is 14.0. The van der Waals surface area contributed by atoms with E-state index in [0.29, 0.717) is 17.0 Å². The number of likely N-dealkylation sites (N-methyl/N-ethyl adjacent to an activating group) is 1. The van der Waals surface area contributed by atoms with Gasteiger partial charge in [0, 0.05) is 24.5 Å². The summed E-state index contributed by atoms with van der Waals surface area (Å²) in [7, 11) is 1.63. The molecule has 0 unspecified atom stereocenters. The highest BCUT2D eigenvalue weighted by molar-refractivity contribution is 7.99. The lowest BCUT2D eigenvalue weighted by Crippen LogP contribution is -2.39. The zero-order valence-electron chi connectivity index (χ0n) is 13.9. The van der Waals surface area contributed by atoms with Crippen LogP contribution in [0.2, 0.25) is 0 Å². The molecule has 1 N–H and O–H groups in total. The lowest BCUT2D eigenvalue weighted by Gasteiger charge is -2.16. The van der Waals surface area contributed by atoms with E-state index in [1.54, 1.807) is 11.6 Å². The second-order valence-electron chi connectivity index (χ2n) is 6.03. The van der Waals surface area contributed by atoms with E-state index in [4.69, 9.17) is 0 Å². The van der Waals surface area contributed by atoms with E-state index in [1.807, 2.05) is 19.9 Å². The Labute approximate surface area is 144 Å². The second-order valence-corrected chi connectivity index (χ2v) is 6.97. The number of aryl methyl sites for hydroxylation is 2. The highest BCUT2D eigenvalue weighted by Gasteiger charge is 2.24. The zero-order valence-corrected chi connectivity index (χ0v) is 14.8. The lowest BCUT2D eigenvalue weighted by molar-refractivity contribution is -0.132. The number of fused-ring (bicyclic) bond motifs is 1. The van der Waals surface area contributed by atoms with E-state index < -0.39 is 0 Å². The first-order chi connectivity index (χ1) is 11.4. The Hall–Kier alpha value is -2.16. The molecular weight excluding hydrogens is 328 g/mol. The van der Waals surface area contributed by atoms with Crippen LogP contribution in [0.3, 0.4) is 0 Å². The van der Waals surface area contributed by atoms with Crippen molar-refractivity contribution in [2.75, 3.05) is 19.3 Å². The van der Waals surface area contributed by atoms with Gasteiger partial charge in [-0.25, -0.2) is 9.50 Å². The van der Waals surface area contributed by atoms with E-state index in [1.165, 1.54) is 16.7 Å². The van der Waals surface area contributed by atoms with Crippen molar-refractivity contribution in [2.45, 2.75) is 37.9 Å². The van der Waals surface area contributed by atoms with Gasteiger partial charge in [0.1, 0.15) is 0 Å². The highest BCUT2D eigenvalue weighted by atomic mass is 32.2. The Balaban J connectivity index is 1.55. The van der Waals surface area contributed by atoms with Crippen LogP contribution in [-0.4, -0.2) is 61.7 Å². The number of nitrogens with one attached hydrogen (secondary N) is 1. The summed E-state index contributed by atoms with van der Waals surface area (Å²) < 4.78 is 1.66. The van der Waals surface area contributed by atoms with Crippen molar-refractivity contribution in [3.05, 3.63) is 17.5 Å². The third-order valence-electron chi connectivity index (χ3n) is 3.67. The number of carbonyl (C=O) groups is 2. The number of hydrogen-bond donors (Lipinski definition) is 1. The van der Waals surface area contributed by atoms with Crippen LogP contribution in [0.1, 0.15) is 24.2 Å². The van der Waals surface area contributed by atoms with Crippen molar-refractivity contribution in [1.82, 2.24) is 29.8 Å². The number of amides is 2. The van der Waals surface area contributed by atoms with Crippen LogP contribution >= 0.6 is 11.8 Å². The number of carbonyl (C=O) groups excluding carboxylic acids is 2. The fourth-order valence-electron chi connectivity index (χ4n) is 2.25. The van der Waals surface area contributed by atoms with Crippen LogP contribution in [0.4, 0.5) is 0 Å². The standard InChI is InChI=1S/C15H20N6O2S/c1-9-6-10(2)21-14(16-9)18-15(19-21)24-8-13(23)20(3)7-12(22)17-11-4-5-11/h6,11H,4-5,7-8H2,1-3H3,(H,17,22). The topological polar surface area (TPSA) is 92.5 Å². The predicted octanol–water partition coefficient (Wildman–Crippen LogP) is 0.570. The van der Waals surface area contributed by atoms with E-state index in [2.05, 4.69) is 20.4 Å². The van der Waals surface area contributed by atoms with Gasteiger partial charge in [-0.15, -0.1) is 5.10 Å². The second kappa shape index (κ2) is 6.76. The third kappa shape index (κ3) is 4.02. The molecule has 0 spiro atoms. The Morgan fingerprint density at radius 3 is 2.83 bits per heavy atom. The minimum absolute atomic E-state index is 0.0777. The molecule has 0 saturated heterocycles. The highest BCUT2D eigenvalue weighted by Crippen LogP contribution is 2.18. The summed E-state index contributed by atoms with van der Waals surface area (Å²) in [5.41, 5.74) is 1.82. The maximum Gasteiger partial charge on any atom is 0.253 e. The van der Waals surface area contributed by atoms with E-state index in [-0.39, 0.29) is 24.1 Å². The van der Waals surface area contributed by atoms with Crippen LogP contribution in [0, 0.1) is 13.8 Å². The number of aromatic nitrogens is 4. The number of hydrogen-bond acceptors (Lipinski definition) is 6. The van der Waals surface area contributed by atoms with Crippen LogP contribution in [-0.2, 0) is 9.59 Å². The maximum absolute atomic E-state index is 12.1. The fourth-order valence-corrected chi connectivity index (χ4v) is 3.01. The van der Waals surface area contributed by atoms with Gasteiger partial charge in [-0.1, -0.05) is 11.8 Å². The summed E-state index contributed by atoms with van der Waals surface area (Å²) in [4.78, 5) is 33.9. The van der Waals surface area contributed by atoms with Crippen molar-refractivity contribution >= 4 is 29.4 Å². The lowest BCUT2D eigenvalue weighted by atomic mass is 10.4. The quantitative estimate of drug-likeness (QED) is 0.767. The van der Waals surface area contributed by atoms with Gasteiger partial charge < -0.3 is 10.2 Å².